The van der Waals surface area contributed by atoms with Gasteiger partial charge in [0, 0.05) is 5.92 Å². The van der Waals surface area contributed by atoms with Crippen molar-refractivity contribution < 1.29 is 32.4 Å². The standard InChI is InChI=1S/C21H23NO7S/c23-20(24)19(11-5-6-12-30(26,27)28)22-21(25)29-13-18-16-9-3-1-7-14(16)15-8-2-4-10-17(15)18/h1-4,7-10,18-19H,5-6,11-13H2,(H,22,25)(H,23,24)(H,26,27,28). The van der Waals surface area contributed by atoms with Crippen LogP contribution in [0, 0.1) is 0 Å². The summed E-state index contributed by atoms with van der Waals surface area (Å²) >= 11 is 0. The monoisotopic (exact) mass is 433 g/mol. The predicted molar refractivity (Wildman–Crippen MR) is 110 cm³/mol. The van der Waals surface area contributed by atoms with E-state index in [1.165, 1.54) is 0 Å². The van der Waals surface area contributed by atoms with Gasteiger partial charge >= 0.3 is 12.1 Å². The van der Waals surface area contributed by atoms with Crippen LogP contribution in [0.5, 0.6) is 0 Å². The first kappa shape index (κ1) is 21.8. The molecule has 160 valence electrons. The molecular weight excluding hydrogens is 410 g/mol. The third-order valence-electron chi connectivity index (χ3n) is 5.08. The molecule has 1 atom stereocenters. The average Bonchev–Trinajstić information content (AvgIpc) is 3.01. The van der Waals surface area contributed by atoms with E-state index in [0.29, 0.717) is 0 Å². The molecule has 0 saturated carbocycles. The number of carbonyl (C=O) groups excluding carboxylic acids is 1. The molecule has 2 aromatic carbocycles. The van der Waals surface area contributed by atoms with E-state index in [1.54, 1.807) is 0 Å². The molecule has 0 fully saturated rings. The van der Waals surface area contributed by atoms with Gasteiger partial charge < -0.3 is 15.2 Å². The van der Waals surface area contributed by atoms with Crippen LogP contribution in [0.25, 0.3) is 11.1 Å². The molecule has 0 bridgehead atoms. The van der Waals surface area contributed by atoms with Crippen molar-refractivity contribution in [1.29, 1.82) is 0 Å². The fourth-order valence-corrected chi connectivity index (χ4v) is 4.24. The molecule has 0 aromatic heterocycles. The van der Waals surface area contributed by atoms with E-state index in [0.717, 1.165) is 22.3 Å². The van der Waals surface area contributed by atoms with Crippen LogP contribution in [0.2, 0.25) is 0 Å². The van der Waals surface area contributed by atoms with E-state index < -0.39 is 34.0 Å². The summed E-state index contributed by atoms with van der Waals surface area (Å²) in [5, 5.41) is 11.6. The molecule has 3 rings (SSSR count). The van der Waals surface area contributed by atoms with Gasteiger partial charge in [-0.2, -0.15) is 8.42 Å². The maximum atomic E-state index is 12.2. The number of carbonyl (C=O) groups is 2. The summed E-state index contributed by atoms with van der Waals surface area (Å²) in [6, 6.07) is 14.5. The molecule has 0 aliphatic heterocycles. The Labute approximate surface area is 174 Å². The molecule has 1 amide bonds. The molecule has 1 unspecified atom stereocenters. The lowest BCUT2D eigenvalue weighted by atomic mass is 9.98. The number of nitrogens with one attached hydrogen (secondary N) is 1. The van der Waals surface area contributed by atoms with Crippen LogP contribution in [0.3, 0.4) is 0 Å². The number of hydrogen-bond acceptors (Lipinski definition) is 5. The van der Waals surface area contributed by atoms with Crippen molar-refractivity contribution in [1.82, 2.24) is 5.32 Å². The van der Waals surface area contributed by atoms with Crippen molar-refractivity contribution in [3.8, 4) is 11.1 Å². The van der Waals surface area contributed by atoms with Gasteiger partial charge in [-0.25, -0.2) is 9.59 Å². The molecule has 0 heterocycles. The second kappa shape index (κ2) is 9.27. The summed E-state index contributed by atoms with van der Waals surface area (Å²) in [6.45, 7) is 0.0644. The van der Waals surface area contributed by atoms with Crippen LogP contribution in [0.4, 0.5) is 4.79 Å². The molecule has 1 aliphatic rings. The molecule has 0 spiro atoms. The molecule has 8 nitrogen and oxygen atoms in total. The minimum atomic E-state index is -4.09. The number of ether oxygens (including phenoxy) is 1. The highest BCUT2D eigenvalue weighted by molar-refractivity contribution is 7.85. The highest BCUT2D eigenvalue weighted by atomic mass is 32.2. The Morgan fingerprint density at radius 1 is 1.00 bits per heavy atom. The van der Waals surface area contributed by atoms with Crippen LogP contribution >= 0.6 is 0 Å². The van der Waals surface area contributed by atoms with E-state index in [4.69, 9.17) is 9.29 Å². The van der Waals surface area contributed by atoms with Gasteiger partial charge in [-0.3, -0.25) is 4.55 Å². The van der Waals surface area contributed by atoms with Gasteiger partial charge in [-0.1, -0.05) is 48.5 Å². The normalized spacial score (nSPS) is 13.9. The smallest absolute Gasteiger partial charge is 0.407 e. The molecule has 0 saturated heterocycles. The number of benzene rings is 2. The minimum absolute atomic E-state index is 0.0229. The van der Waals surface area contributed by atoms with Gasteiger partial charge in [-0.05, 0) is 41.5 Å². The second-order valence-electron chi connectivity index (χ2n) is 7.14. The molecule has 0 radical (unpaired) electrons. The van der Waals surface area contributed by atoms with Gasteiger partial charge in [0.05, 0.1) is 5.75 Å². The number of unbranched alkanes of at least 4 members (excludes halogenated alkanes) is 1. The summed E-state index contributed by atoms with van der Waals surface area (Å²) in [7, 11) is -4.09. The number of alkyl carbamates (subject to hydrolysis) is 1. The van der Waals surface area contributed by atoms with E-state index >= 15 is 0 Å². The zero-order valence-corrected chi connectivity index (χ0v) is 17.0. The second-order valence-corrected chi connectivity index (χ2v) is 8.71. The molecule has 3 N–H and O–H groups in total. The highest BCUT2D eigenvalue weighted by Gasteiger charge is 2.29. The quantitative estimate of drug-likeness (QED) is 0.409. The lowest BCUT2D eigenvalue weighted by Crippen LogP contribution is -2.41. The number of fused-ring (bicyclic) bond motifs is 3. The first-order valence-corrected chi connectivity index (χ1v) is 11.2. The predicted octanol–water partition coefficient (Wildman–Crippen LogP) is 3.04. The van der Waals surface area contributed by atoms with Crippen molar-refractivity contribution in [2.45, 2.75) is 31.2 Å². The number of amides is 1. The number of rotatable bonds is 9. The van der Waals surface area contributed by atoms with Gasteiger partial charge in [-0.15, -0.1) is 0 Å². The largest absolute Gasteiger partial charge is 0.480 e. The van der Waals surface area contributed by atoms with E-state index in [1.807, 2.05) is 48.5 Å². The SMILES string of the molecule is O=C(NC(CCCCS(=O)(=O)O)C(=O)O)OCC1c2ccccc2-c2ccccc21. The fourth-order valence-electron chi connectivity index (χ4n) is 3.67. The summed E-state index contributed by atoms with van der Waals surface area (Å²) in [4.78, 5) is 23.6. The Balaban J connectivity index is 1.57. The Bertz CT molecular complexity index is 990. The Hall–Kier alpha value is -2.91. The Kier molecular flexibility index (Phi) is 6.73. The van der Waals surface area contributed by atoms with Gasteiger partial charge in [0.25, 0.3) is 10.1 Å². The fraction of sp³-hybridized carbons (Fsp3) is 0.333. The van der Waals surface area contributed by atoms with Crippen LogP contribution < -0.4 is 5.32 Å². The summed E-state index contributed by atoms with van der Waals surface area (Å²) < 4.78 is 35.5. The van der Waals surface area contributed by atoms with Gasteiger partial charge in [0.1, 0.15) is 12.6 Å². The lowest BCUT2D eigenvalue weighted by molar-refractivity contribution is -0.139. The molecule has 1 aliphatic carbocycles. The van der Waals surface area contributed by atoms with Crippen molar-refractivity contribution >= 4 is 22.2 Å². The first-order valence-electron chi connectivity index (χ1n) is 9.56. The maximum Gasteiger partial charge on any atom is 0.407 e. The van der Waals surface area contributed by atoms with Crippen molar-refractivity contribution in [2.75, 3.05) is 12.4 Å². The molecular formula is C21H23NO7S. The van der Waals surface area contributed by atoms with Crippen LogP contribution in [-0.2, 0) is 19.6 Å². The van der Waals surface area contributed by atoms with Crippen LogP contribution in [0.15, 0.2) is 48.5 Å². The minimum Gasteiger partial charge on any atom is -0.480 e. The molecule has 30 heavy (non-hydrogen) atoms. The first-order chi connectivity index (χ1) is 14.3. The molecule has 2 aromatic rings. The van der Waals surface area contributed by atoms with Gasteiger partial charge in [0.2, 0.25) is 0 Å². The topological polar surface area (TPSA) is 130 Å². The number of aliphatic carboxylic acids is 1. The zero-order chi connectivity index (χ0) is 21.7. The third-order valence-corrected chi connectivity index (χ3v) is 5.88. The van der Waals surface area contributed by atoms with Crippen molar-refractivity contribution in [2.24, 2.45) is 0 Å². The number of carboxylic acids is 1. The molecule has 9 heteroatoms. The van der Waals surface area contributed by atoms with E-state index in [-0.39, 0.29) is 31.8 Å². The van der Waals surface area contributed by atoms with Crippen LogP contribution in [0.1, 0.15) is 36.3 Å². The third kappa shape index (κ3) is 5.37. The number of carboxylic acid groups (broad SMARTS) is 1. The Morgan fingerprint density at radius 3 is 2.10 bits per heavy atom. The maximum absolute atomic E-state index is 12.2. The van der Waals surface area contributed by atoms with Gasteiger partial charge in [0.15, 0.2) is 0 Å². The summed E-state index contributed by atoms with van der Waals surface area (Å²) in [6.07, 6.45) is -0.524. The summed E-state index contributed by atoms with van der Waals surface area (Å²) in [5.74, 6) is -1.83. The summed E-state index contributed by atoms with van der Waals surface area (Å²) in [5.41, 5.74) is 4.27. The Morgan fingerprint density at radius 2 is 1.57 bits per heavy atom. The zero-order valence-electron chi connectivity index (χ0n) is 16.2. The van der Waals surface area contributed by atoms with Crippen molar-refractivity contribution in [3.05, 3.63) is 59.7 Å². The van der Waals surface area contributed by atoms with E-state index in [9.17, 15) is 23.1 Å². The highest BCUT2D eigenvalue weighted by Crippen LogP contribution is 2.44. The van der Waals surface area contributed by atoms with Crippen molar-refractivity contribution in [3.63, 3.8) is 0 Å². The van der Waals surface area contributed by atoms with E-state index in [2.05, 4.69) is 5.32 Å². The lowest BCUT2D eigenvalue weighted by Gasteiger charge is -2.17. The van der Waals surface area contributed by atoms with Crippen LogP contribution in [-0.4, -0.2) is 48.5 Å². The average molecular weight is 433 g/mol. The number of hydrogen-bond donors (Lipinski definition) is 3.